The van der Waals surface area contributed by atoms with Crippen LogP contribution in [0.1, 0.15) is 0 Å². The molecule has 0 atom stereocenters. The molecule has 3 aromatic rings. The summed E-state index contributed by atoms with van der Waals surface area (Å²) in [4.78, 5) is 0. The fraction of sp³-hybridized carbons (Fsp3) is 0.0526. The van der Waals surface area contributed by atoms with Crippen molar-refractivity contribution in [3.63, 3.8) is 0 Å². The van der Waals surface area contributed by atoms with Gasteiger partial charge in [-0.1, -0.05) is 36.4 Å². The number of quaternary nitrogens is 1. The van der Waals surface area contributed by atoms with Gasteiger partial charge in [0, 0.05) is 36.4 Å². The average Bonchev–Trinajstić information content (AvgIpc) is 2.62. The van der Waals surface area contributed by atoms with E-state index >= 15 is 0 Å². The Morgan fingerprint density at radius 3 is 1.45 bits per heavy atom. The van der Waals surface area contributed by atoms with Crippen LogP contribution in [0.5, 0.6) is 5.75 Å². The van der Waals surface area contributed by atoms with Crippen LogP contribution in [-0.2, 0) is 0 Å². The van der Waals surface area contributed by atoms with Crippen molar-refractivity contribution in [2.45, 2.75) is 0 Å². The third kappa shape index (κ3) is 2.48. The lowest BCUT2D eigenvalue weighted by Gasteiger charge is -2.41. The number of para-hydroxylation sites is 2. The van der Waals surface area contributed by atoms with E-state index in [9.17, 15) is 5.21 Å². The molecule has 3 aromatic carbocycles. The summed E-state index contributed by atoms with van der Waals surface area (Å²) in [6, 6.07) is 26.0. The molecule has 0 radical (unpaired) electrons. The first-order valence-corrected chi connectivity index (χ1v) is 7.11. The highest BCUT2D eigenvalue weighted by molar-refractivity contribution is 5.71. The van der Waals surface area contributed by atoms with Crippen LogP contribution in [0.3, 0.4) is 0 Å². The van der Waals surface area contributed by atoms with Crippen molar-refractivity contribution in [1.29, 1.82) is 0 Å². The van der Waals surface area contributed by atoms with Crippen LogP contribution < -0.4 is 9.38 Å². The maximum absolute atomic E-state index is 13.8. The molecule has 3 nitrogen and oxygen atoms in total. The number of methoxy groups -OCH3 is 1. The normalized spacial score (nSPS) is 11.2. The highest BCUT2D eigenvalue weighted by Gasteiger charge is 2.26. The molecule has 0 unspecified atom stereocenters. The van der Waals surface area contributed by atoms with Crippen LogP contribution >= 0.6 is 0 Å². The van der Waals surface area contributed by atoms with Crippen molar-refractivity contribution >= 4 is 17.1 Å². The number of rotatable bonds is 4. The number of hydrogen-bond donors (Lipinski definition) is 0. The van der Waals surface area contributed by atoms with Gasteiger partial charge in [-0.2, -0.15) is 0 Å². The monoisotopic (exact) mass is 291 g/mol. The summed E-state index contributed by atoms with van der Waals surface area (Å²) < 4.78 is 4.55. The largest absolute Gasteiger partial charge is 0.616 e. The molecule has 3 heteroatoms. The summed E-state index contributed by atoms with van der Waals surface area (Å²) >= 11 is 0. The molecular formula is C19H17NO2. The van der Waals surface area contributed by atoms with Gasteiger partial charge in [-0.25, -0.2) is 0 Å². The summed E-state index contributed by atoms with van der Waals surface area (Å²) in [7, 11) is 1.61. The van der Waals surface area contributed by atoms with Crippen LogP contribution in [0.15, 0.2) is 84.9 Å². The molecule has 0 aromatic heterocycles. The van der Waals surface area contributed by atoms with Gasteiger partial charge in [-0.05, 0) is 12.1 Å². The van der Waals surface area contributed by atoms with Gasteiger partial charge >= 0.3 is 0 Å². The van der Waals surface area contributed by atoms with Gasteiger partial charge in [0.1, 0.15) is 22.8 Å². The highest BCUT2D eigenvalue weighted by atomic mass is 16.5. The van der Waals surface area contributed by atoms with Gasteiger partial charge in [-0.15, -0.1) is 0 Å². The molecular weight excluding hydrogens is 274 g/mol. The van der Waals surface area contributed by atoms with Crippen molar-refractivity contribution < 1.29 is 4.74 Å². The fourth-order valence-corrected chi connectivity index (χ4v) is 2.52. The van der Waals surface area contributed by atoms with Crippen molar-refractivity contribution in [3.05, 3.63) is 90.1 Å². The van der Waals surface area contributed by atoms with Crippen LogP contribution in [-0.4, -0.2) is 7.11 Å². The second-order valence-electron chi connectivity index (χ2n) is 4.98. The predicted octanol–water partition coefficient (Wildman–Crippen LogP) is 5.16. The van der Waals surface area contributed by atoms with Crippen LogP contribution in [0, 0.1) is 5.21 Å². The quantitative estimate of drug-likeness (QED) is 0.491. The molecule has 0 saturated heterocycles. The Hall–Kier alpha value is -2.62. The van der Waals surface area contributed by atoms with E-state index in [4.69, 9.17) is 4.74 Å². The molecule has 110 valence electrons. The first-order valence-electron chi connectivity index (χ1n) is 7.11. The van der Waals surface area contributed by atoms with E-state index in [0.717, 1.165) is 5.75 Å². The first kappa shape index (κ1) is 14.3. The molecule has 22 heavy (non-hydrogen) atoms. The number of hydrogen-bond acceptors (Lipinski definition) is 2. The summed E-state index contributed by atoms with van der Waals surface area (Å²) in [6.45, 7) is 0. The SMILES string of the molecule is COc1ccc([N+]([O-])(c2ccccc2)c2ccccc2)cc1. The molecule has 0 aliphatic carbocycles. The van der Waals surface area contributed by atoms with E-state index in [-0.39, 0.29) is 0 Å². The van der Waals surface area contributed by atoms with Crippen molar-refractivity contribution in [1.82, 2.24) is 4.65 Å². The minimum atomic E-state index is -0.633. The van der Waals surface area contributed by atoms with Crippen LogP contribution in [0.2, 0.25) is 0 Å². The van der Waals surface area contributed by atoms with E-state index in [1.165, 1.54) is 0 Å². The van der Waals surface area contributed by atoms with E-state index in [2.05, 4.69) is 0 Å². The molecule has 0 aliphatic heterocycles. The van der Waals surface area contributed by atoms with E-state index in [1.807, 2.05) is 84.9 Å². The summed E-state index contributed by atoms with van der Waals surface area (Å²) in [5, 5.41) is 13.8. The summed E-state index contributed by atoms with van der Waals surface area (Å²) in [6.07, 6.45) is 0. The third-order valence-corrected chi connectivity index (χ3v) is 3.68. The van der Waals surface area contributed by atoms with Crippen LogP contribution in [0.25, 0.3) is 0 Å². The molecule has 3 rings (SSSR count). The molecule has 0 spiro atoms. The zero-order valence-corrected chi connectivity index (χ0v) is 12.3. The second kappa shape index (κ2) is 6.02. The molecule has 0 saturated carbocycles. The molecule has 0 bridgehead atoms. The van der Waals surface area contributed by atoms with E-state index in [1.54, 1.807) is 7.11 Å². The zero-order valence-electron chi connectivity index (χ0n) is 12.3. The number of nitrogens with zero attached hydrogens (tertiary/aromatic N) is 1. The second-order valence-corrected chi connectivity index (χ2v) is 4.98. The fourth-order valence-electron chi connectivity index (χ4n) is 2.52. The Labute approximate surface area is 130 Å². The lowest BCUT2D eigenvalue weighted by Crippen LogP contribution is -2.31. The first-order chi connectivity index (χ1) is 10.7. The van der Waals surface area contributed by atoms with Gasteiger partial charge in [0.2, 0.25) is 0 Å². The maximum atomic E-state index is 13.8. The van der Waals surface area contributed by atoms with Gasteiger partial charge in [0.25, 0.3) is 0 Å². The Balaban J connectivity index is 2.18. The van der Waals surface area contributed by atoms with Crippen molar-refractivity contribution in [3.8, 4) is 5.75 Å². The Morgan fingerprint density at radius 2 is 1.05 bits per heavy atom. The Bertz CT molecular complexity index is 685. The average molecular weight is 291 g/mol. The minimum absolute atomic E-state index is 0.633. The molecule has 0 aliphatic rings. The summed E-state index contributed by atoms with van der Waals surface area (Å²) in [5.41, 5.74) is 1.97. The lowest BCUT2D eigenvalue weighted by molar-refractivity contribution is 0.414. The van der Waals surface area contributed by atoms with E-state index < -0.39 is 4.65 Å². The predicted molar refractivity (Wildman–Crippen MR) is 90.4 cm³/mol. The van der Waals surface area contributed by atoms with Gasteiger partial charge in [0.15, 0.2) is 0 Å². The molecule has 0 heterocycles. The van der Waals surface area contributed by atoms with Gasteiger partial charge in [-0.3, -0.25) is 4.65 Å². The lowest BCUT2D eigenvalue weighted by atomic mass is 10.1. The zero-order chi connectivity index (χ0) is 15.4. The van der Waals surface area contributed by atoms with E-state index in [0.29, 0.717) is 17.1 Å². The Morgan fingerprint density at radius 1 is 0.636 bits per heavy atom. The Kier molecular flexibility index (Phi) is 3.92. The topological polar surface area (TPSA) is 32.3 Å². The smallest absolute Gasteiger partial charge is 0.143 e. The summed E-state index contributed by atoms with van der Waals surface area (Å²) in [5.74, 6) is 0.733. The molecule has 0 fully saturated rings. The van der Waals surface area contributed by atoms with Gasteiger partial charge < -0.3 is 9.94 Å². The third-order valence-electron chi connectivity index (χ3n) is 3.68. The van der Waals surface area contributed by atoms with Crippen molar-refractivity contribution in [2.24, 2.45) is 0 Å². The molecule has 0 amide bonds. The minimum Gasteiger partial charge on any atom is -0.616 e. The molecule has 0 N–H and O–H groups in total. The van der Waals surface area contributed by atoms with Crippen molar-refractivity contribution in [2.75, 3.05) is 7.11 Å². The van der Waals surface area contributed by atoms with Crippen LogP contribution in [0.4, 0.5) is 17.1 Å². The number of benzene rings is 3. The number of ether oxygens (including phenoxy) is 1. The highest BCUT2D eigenvalue weighted by Crippen LogP contribution is 2.42. The standard InChI is InChI=1S/C19H17NO2/c1-22-19-14-12-18(13-15-19)20(21,16-8-4-2-5-9-16)17-10-6-3-7-11-17/h2-15H,1H3. The maximum Gasteiger partial charge on any atom is 0.143 e. The van der Waals surface area contributed by atoms with Gasteiger partial charge in [0.05, 0.1) is 7.11 Å².